The zero-order valence-corrected chi connectivity index (χ0v) is 7.42. The highest BCUT2D eigenvalue weighted by Crippen LogP contribution is 2.01. The molecule has 6 heteroatoms. The van der Waals surface area contributed by atoms with Crippen LogP contribution in [0.5, 0.6) is 0 Å². The van der Waals surface area contributed by atoms with Gasteiger partial charge in [-0.05, 0) is 12.1 Å². The van der Waals surface area contributed by atoms with Crippen LogP contribution in [0.4, 0.5) is 0 Å². The number of rotatable bonds is 2. The third kappa shape index (κ3) is 1.25. The molecule has 0 bridgehead atoms. The average Bonchev–Trinajstić information content (AvgIpc) is 2.78. The van der Waals surface area contributed by atoms with Crippen molar-refractivity contribution in [3.8, 4) is 0 Å². The van der Waals surface area contributed by atoms with Crippen LogP contribution in [0.15, 0.2) is 43.2 Å². The Morgan fingerprint density at radius 3 is 2.23 bits per heavy atom. The van der Waals surface area contributed by atoms with Crippen LogP contribution in [-0.2, 0) is 10.2 Å². The fourth-order valence-electron chi connectivity index (χ4n) is 0.965. The normalized spacial score (nSPS) is 11.7. The van der Waals surface area contributed by atoms with Crippen LogP contribution >= 0.6 is 0 Å². The van der Waals surface area contributed by atoms with E-state index in [9.17, 15) is 8.42 Å². The summed E-state index contributed by atoms with van der Waals surface area (Å²) in [4.78, 5) is 3.67. The third-order valence-corrected chi connectivity index (χ3v) is 3.12. The van der Waals surface area contributed by atoms with E-state index in [0.717, 1.165) is 7.94 Å². The summed E-state index contributed by atoms with van der Waals surface area (Å²) in [6, 6.07) is 3.29. The number of aromatic nitrogens is 3. The van der Waals surface area contributed by atoms with Crippen LogP contribution in [0.2, 0.25) is 0 Å². The molecule has 68 valence electrons. The van der Waals surface area contributed by atoms with Crippen LogP contribution in [0.3, 0.4) is 0 Å². The van der Waals surface area contributed by atoms with E-state index in [-0.39, 0.29) is 0 Å². The maximum absolute atomic E-state index is 11.6. The molecule has 0 radical (unpaired) electrons. The van der Waals surface area contributed by atoms with Crippen molar-refractivity contribution in [2.75, 3.05) is 0 Å². The van der Waals surface area contributed by atoms with Crippen LogP contribution in [-0.4, -0.2) is 21.3 Å². The smallest absolute Gasteiger partial charge is 0.244 e. The van der Waals surface area contributed by atoms with Gasteiger partial charge in [-0.3, -0.25) is 0 Å². The first-order valence-corrected chi connectivity index (χ1v) is 4.98. The molecule has 2 rings (SSSR count). The van der Waals surface area contributed by atoms with Gasteiger partial charge < -0.3 is 0 Å². The molecule has 0 N–H and O–H groups in total. The van der Waals surface area contributed by atoms with Gasteiger partial charge in [-0.2, -0.15) is 8.42 Å². The summed E-state index contributed by atoms with van der Waals surface area (Å²) in [5, 5.41) is 0. The molecule has 0 amide bonds. The second-order valence-electron chi connectivity index (χ2n) is 2.41. The average molecular weight is 197 g/mol. The van der Waals surface area contributed by atoms with Gasteiger partial charge in [-0.25, -0.2) is 12.9 Å². The van der Waals surface area contributed by atoms with Crippen molar-refractivity contribution in [2.24, 2.45) is 0 Å². The minimum Gasteiger partial charge on any atom is -0.244 e. The molecule has 0 fully saturated rings. The largest absolute Gasteiger partial charge is 0.334 e. The van der Waals surface area contributed by atoms with Crippen molar-refractivity contribution in [2.45, 2.75) is 0 Å². The van der Waals surface area contributed by atoms with Crippen molar-refractivity contribution in [1.29, 1.82) is 0 Å². The van der Waals surface area contributed by atoms with Gasteiger partial charge in [0.25, 0.3) is 0 Å². The van der Waals surface area contributed by atoms with E-state index in [2.05, 4.69) is 4.98 Å². The van der Waals surface area contributed by atoms with Gasteiger partial charge in [0.2, 0.25) is 0 Å². The van der Waals surface area contributed by atoms with Gasteiger partial charge in [0, 0.05) is 24.8 Å². The predicted molar refractivity (Wildman–Crippen MR) is 46.4 cm³/mol. The van der Waals surface area contributed by atoms with Gasteiger partial charge in [-0.1, -0.05) is 0 Å². The van der Waals surface area contributed by atoms with Gasteiger partial charge in [0.05, 0.1) is 0 Å². The van der Waals surface area contributed by atoms with E-state index in [1.165, 1.54) is 31.1 Å². The van der Waals surface area contributed by atoms with E-state index in [0.29, 0.717) is 0 Å². The number of nitrogens with zero attached hydrogens (tertiary/aromatic N) is 3. The van der Waals surface area contributed by atoms with E-state index < -0.39 is 10.2 Å². The van der Waals surface area contributed by atoms with Gasteiger partial charge in [0.15, 0.2) is 0 Å². The Bertz CT molecular complexity index is 430. The molecular formula is C7H7N3O2S. The van der Waals surface area contributed by atoms with Crippen molar-refractivity contribution >= 4 is 10.2 Å². The summed E-state index contributed by atoms with van der Waals surface area (Å²) < 4.78 is 25.5. The minimum atomic E-state index is -3.48. The molecule has 0 spiro atoms. The molecule has 0 atom stereocenters. The van der Waals surface area contributed by atoms with Gasteiger partial charge >= 0.3 is 10.2 Å². The molecule has 0 aliphatic carbocycles. The Kier molecular flexibility index (Phi) is 1.70. The lowest BCUT2D eigenvalue weighted by Gasteiger charge is -2.04. The van der Waals surface area contributed by atoms with Crippen molar-refractivity contribution in [1.82, 2.24) is 12.9 Å². The molecule has 2 aromatic rings. The van der Waals surface area contributed by atoms with Crippen molar-refractivity contribution in [3.05, 3.63) is 43.2 Å². The molecule has 5 nitrogen and oxygen atoms in total. The van der Waals surface area contributed by atoms with Crippen molar-refractivity contribution < 1.29 is 8.42 Å². The Hall–Kier alpha value is -1.56. The summed E-state index contributed by atoms with van der Waals surface area (Å²) in [5.74, 6) is 0. The zero-order chi connectivity index (χ0) is 9.31. The maximum atomic E-state index is 11.6. The maximum Gasteiger partial charge on any atom is 0.334 e. The molecule has 0 unspecified atom stereocenters. The Morgan fingerprint density at radius 1 is 1.00 bits per heavy atom. The van der Waals surface area contributed by atoms with Gasteiger partial charge in [0.1, 0.15) is 6.33 Å². The second-order valence-corrected chi connectivity index (χ2v) is 4.15. The standard InChI is InChI=1S/C7H7N3O2S/c11-13(12,9-4-1-2-5-9)10-6-3-8-7-10/h1-7H. The summed E-state index contributed by atoms with van der Waals surface area (Å²) in [5.41, 5.74) is 0. The lowest BCUT2D eigenvalue weighted by molar-refractivity contribution is 0.578. The molecular weight excluding hydrogens is 190 g/mol. The topological polar surface area (TPSA) is 56.9 Å². The molecule has 2 heterocycles. The number of imidazole rings is 1. The lowest BCUT2D eigenvalue weighted by Crippen LogP contribution is -2.18. The van der Waals surface area contributed by atoms with E-state index in [4.69, 9.17) is 0 Å². The van der Waals surface area contributed by atoms with E-state index >= 15 is 0 Å². The fourth-order valence-corrected chi connectivity index (χ4v) is 2.01. The highest BCUT2D eigenvalue weighted by Gasteiger charge is 2.12. The minimum absolute atomic E-state index is 1.05. The highest BCUT2D eigenvalue weighted by molar-refractivity contribution is 7.88. The molecule has 0 saturated heterocycles. The first kappa shape index (κ1) is 8.06. The van der Waals surface area contributed by atoms with Crippen molar-refractivity contribution in [3.63, 3.8) is 0 Å². The second kappa shape index (κ2) is 2.74. The first-order chi connectivity index (χ1) is 6.21. The van der Waals surface area contributed by atoms with Crippen LogP contribution in [0, 0.1) is 0 Å². The Morgan fingerprint density at radius 2 is 1.69 bits per heavy atom. The summed E-state index contributed by atoms with van der Waals surface area (Å²) in [7, 11) is -3.48. The number of hydrogen-bond donors (Lipinski definition) is 0. The molecule has 0 aliphatic heterocycles. The molecule has 13 heavy (non-hydrogen) atoms. The van der Waals surface area contributed by atoms with E-state index in [1.807, 2.05) is 0 Å². The molecule has 0 saturated carbocycles. The molecule has 0 aromatic carbocycles. The Balaban J connectivity index is 2.56. The SMILES string of the molecule is O=S(=O)(n1cccc1)n1ccnc1. The monoisotopic (exact) mass is 197 g/mol. The number of hydrogen-bond acceptors (Lipinski definition) is 3. The summed E-state index contributed by atoms with van der Waals surface area (Å²) in [6.45, 7) is 0. The van der Waals surface area contributed by atoms with Gasteiger partial charge in [-0.15, -0.1) is 0 Å². The van der Waals surface area contributed by atoms with Crippen LogP contribution in [0.25, 0.3) is 0 Å². The molecule has 2 aromatic heterocycles. The third-order valence-electron chi connectivity index (χ3n) is 1.59. The lowest BCUT2D eigenvalue weighted by atomic mass is 10.7. The highest BCUT2D eigenvalue weighted by atomic mass is 32.2. The quantitative estimate of drug-likeness (QED) is 0.697. The van der Waals surface area contributed by atoms with Crippen LogP contribution < -0.4 is 0 Å². The predicted octanol–water partition coefficient (Wildman–Crippen LogP) is 0.326. The summed E-state index contributed by atoms with van der Waals surface area (Å²) in [6.07, 6.45) is 6.98. The van der Waals surface area contributed by atoms with Crippen LogP contribution in [0.1, 0.15) is 0 Å². The zero-order valence-electron chi connectivity index (χ0n) is 6.61. The van der Waals surface area contributed by atoms with E-state index in [1.54, 1.807) is 12.1 Å². The fraction of sp³-hybridized carbons (Fsp3) is 0. The first-order valence-electron chi connectivity index (χ1n) is 3.58. The Labute approximate surface area is 75.4 Å². The summed E-state index contributed by atoms with van der Waals surface area (Å²) >= 11 is 0. The molecule has 0 aliphatic rings.